The minimum absolute atomic E-state index is 0.00326. The first kappa shape index (κ1) is 13.1. The first-order valence-electron chi connectivity index (χ1n) is 6.65. The lowest BCUT2D eigenvalue weighted by atomic mass is 10.0. The summed E-state index contributed by atoms with van der Waals surface area (Å²) in [4.78, 5) is 11.8. The molecule has 0 saturated carbocycles. The van der Waals surface area contributed by atoms with Gasteiger partial charge in [-0.3, -0.25) is 9.89 Å². The number of amides is 1. The standard InChI is InChI=1S/C13H21N3O2/c1-10(11-8-14-15-9-11)16-13(17)6-5-12-4-2-3-7-18-12/h8-10,12H,2-7H2,1H3,(H,14,15)(H,16,17). The van der Waals surface area contributed by atoms with Gasteiger partial charge in [0.05, 0.1) is 18.3 Å². The molecule has 2 heterocycles. The zero-order valence-corrected chi connectivity index (χ0v) is 10.8. The number of hydrogen-bond donors (Lipinski definition) is 2. The summed E-state index contributed by atoms with van der Waals surface area (Å²) in [6.45, 7) is 2.80. The fourth-order valence-corrected chi connectivity index (χ4v) is 2.22. The molecule has 0 radical (unpaired) electrons. The summed E-state index contributed by atoms with van der Waals surface area (Å²) in [5, 5.41) is 9.59. The summed E-state index contributed by atoms with van der Waals surface area (Å²) in [7, 11) is 0. The normalized spacial score (nSPS) is 21.5. The maximum Gasteiger partial charge on any atom is 0.220 e. The Bertz CT molecular complexity index is 358. The van der Waals surface area contributed by atoms with E-state index in [0.717, 1.165) is 31.4 Å². The van der Waals surface area contributed by atoms with Crippen LogP contribution in [-0.4, -0.2) is 28.8 Å². The number of carbonyl (C=O) groups is 1. The van der Waals surface area contributed by atoms with Crippen LogP contribution in [0.2, 0.25) is 0 Å². The van der Waals surface area contributed by atoms with Crippen LogP contribution in [0, 0.1) is 0 Å². The zero-order chi connectivity index (χ0) is 12.8. The highest BCUT2D eigenvalue weighted by Gasteiger charge is 2.16. The van der Waals surface area contributed by atoms with Gasteiger partial charge < -0.3 is 10.1 Å². The summed E-state index contributed by atoms with van der Waals surface area (Å²) < 4.78 is 5.61. The highest BCUT2D eigenvalue weighted by Crippen LogP contribution is 2.17. The Hall–Kier alpha value is -1.36. The third-order valence-corrected chi connectivity index (χ3v) is 3.36. The summed E-state index contributed by atoms with van der Waals surface area (Å²) in [6.07, 6.45) is 8.62. The number of ether oxygens (including phenoxy) is 1. The van der Waals surface area contributed by atoms with Gasteiger partial charge >= 0.3 is 0 Å². The number of rotatable bonds is 5. The van der Waals surface area contributed by atoms with Gasteiger partial charge in [-0.25, -0.2) is 0 Å². The maximum atomic E-state index is 11.8. The minimum Gasteiger partial charge on any atom is -0.378 e. The van der Waals surface area contributed by atoms with E-state index in [1.807, 2.05) is 6.92 Å². The lowest BCUT2D eigenvalue weighted by molar-refractivity contribution is -0.122. The molecule has 2 atom stereocenters. The predicted octanol–water partition coefficient (Wildman–Crippen LogP) is 1.94. The second kappa shape index (κ2) is 6.54. The number of carbonyl (C=O) groups excluding carboxylic acids is 1. The number of hydrogen-bond acceptors (Lipinski definition) is 3. The quantitative estimate of drug-likeness (QED) is 0.840. The fraction of sp³-hybridized carbons (Fsp3) is 0.692. The summed E-state index contributed by atoms with van der Waals surface area (Å²) >= 11 is 0. The lowest BCUT2D eigenvalue weighted by Gasteiger charge is -2.22. The van der Waals surface area contributed by atoms with Gasteiger partial charge in [0.25, 0.3) is 0 Å². The Labute approximate surface area is 107 Å². The average molecular weight is 251 g/mol. The van der Waals surface area contributed by atoms with E-state index >= 15 is 0 Å². The largest absolute Gasteiger partial charge is 0.378 e. The van der Waals surface area contributed by atoms with Gasteiger partial charge in [-0.15, -0.1) is 0 Å². The van der Waals surface area contributed by atoms with Crippen LogP contribution >= 0.6 is 0 Å². The van der Waals surface area contributed by atoms with Crippen molar-refractivity contribution in [2.24, 2.45) is 0 Å². The molecule has 0 aliphatic carbocycles. The molecule has 1 aromatic rings. The Morgan fingerprint density at radius 1 is 1.67 bits per heavy atom. The van der Waals surface area contributed by atoms with E-state index in [4.69, 9.17) is 4.74 Å². The molecule has 1 saturated heterocycles. The van der Waals surface area contributed by atoms with Crippen LogP contribution in [0.5, 0.6) is 0 Å². The molecule has 0 aromatic carbocycles. The molecule has 2 N–H and O–H groups in total. The topological polar surface area (TPSA) is 67.0 Å². The van der Waals surface area contributed by atoms with E-state index in [1.54, 1.807) is 12.4 Å². The second-order valence-electron chi connectivity index (χ2n) is 4.85. The van der Waals surface area contributed by atoms with Crippen LogP contribution < -0.4 is 5.32 Å². The molecule has 100 valence electrons. The van der Waals surface area contributed by atoms with Crippen molar-refractivity contribution in [1.29, 1.82) is 0 Å². The number of aromatic amines is 1. The molecule has 2 unspecified atom stereocenters. The van der Waals surface area contributed by atoms with Crippen LogP contribution in [0.15, 0.2) is 12.4 Å². The molecule has 0 spiro atoms. The first-order chi connectivity index (χ1) is 8.75. The van der Waals surface area contributed by atoms with Crippen molar-refractivity contribution in [2.75, 3.05) is 6.61 Å². The number of H-pyrrole nitrogens is 1. The van der Waals surface area contributed by atoms with Crippen LogP contribution in [0.4, 0.5) is 0 Å². The van der Waals surface area contributed by atoms with Crippen molar-refractivity contribution in [2.45, 2.75) is 51.2 Å². The van der Waals surface area contributed by atoms with E-state index in [0.29, 0.717) is 6.42 Å². The van der Waals surface area contributed by atoms with Gasteiger partial charge in [0.15, 0.2) is 0 Å². The third kappa shape index (κ3) is 3.84. The van der Waals surface area contributed by atoms with Gasteiger partial charge in [-0.05, 0) is 32.6 Å². The van der Waals surface area contributed by atoms with Crippen molar-refractivity contribution in [3.05, 3.63) is 18.0 Å². The van der Waals surface area contributed by atoms with E-state index < -0.39 is 0 Å². The van der Waals surface area contributed by atoms with Crippen LogP contribution in [-0.2, 0) is 9.53 Å². The Morgan fingerprint density at radius 2 is 2.56 bits per heavy atom. The fourth-order valence-electron chi connectivity index (χ4n) is 2.22. The van der Waals surface area contributed by atoms with Crippen LogP contribution in [0.25, 0.3) is 0 Å². The van der Waals surface area contributed by atoms with Crippen LogP contribution in [0.1, 0.15) is 50.6 Å². The Kier molecular flexibility index (Phi) is 4.75. The predicted molar refractivity (Wildman–Crippen MR) is 68.0 cm³/mol. The summed E-state index contributed by atoms with van der Waals surface area (Å²) in [5.41, 5.74) is 0.997. The van der Waals surface area contributed by atoms with Crippen molar-refractivity contribution in [1.82, 2.24) is 15.5 Å². The Balaban J connectivity index is 1.68. The SMILES string of the molecule is CC(NC(=O)CCC1CCCCO1)c1cn[nH]c1. The summed E-state index contributed by atoms with van der Waals surface area (Å²) in [5.74, 6) is 0.0814. The van der Waals surface area contributed by atoms with Gasteiger partial charge in [0.2, 0.25) is 5.91 Å². The molecule has 1 aliphatic heterocycles. The summed E-state index contributed by atoms with van der Waals surface area (Å²) in [6, 6.07) is 0.00326. The molecule has 18 heavy (non-hydrogen) atoms. The van der Waals surface area contributed by atoms with Gasteiger partial charge in [-0.1, -0.05) is 0 Å². The zero-order valence-electron chi connectivity index (χ0n) is 10.8. The molecule has 1 fully saturated rings. The average Bonchev–Trinajstić information content (AvgIpc) is 2.91. The monoisotopic (exact) mass is 251 g/mol. The molecule has 1 amide bonds. The van der Waals surface area contributed by atoms with Crippen LogP contribution in [0.3, 0.4) is 0 Å². The molecular formula is C13H21N3O2. The molecule has 1 aromatic heterocycles. The van der Waals surface area contributed by atoms with E-state index in [-0.39, 0.29) is 18.1 Å². The maximum absolute atomic E-state index is 11.8. The minimum atomic E-state index is 0.00326. The molecule has 5 nitrogen and oxygen atoms in total. The van der Waals surface area contributed by atoms with E-state index in [2.05, 4.69) is 15.5 Å². The number of nitrogens with zero attached hydrogens (tertiary/aromatic N) is 1. The van der Waals surface area contributed by atoms with Crippen molar-refractivity contribution in [3.63, 3.8) is 0 Å². The lowest BCUT2D eigenvalue weighted by Crippen LogP contribution is -2.28. The first-order valence-corrected chi connectivity index (χ1v) is 6.65. The second-order valence-corrected chi connectivity index (χ2v) is 4.85. The highest BCUT2D eigenvalue weighted by atomic mass is 16.5. The number of aromatic nitrogens is 2. The van der Waals surface area contributed by atoms with Crippen molar-refractivity contribution >= 4 is 5.91 Å². The number of nitrogens with one attached hydrogen (secondary N) is 2. The molecular weight excluding hydrogens is 230 g/mol. The van der Waals surface area contributed by atoms with Crippen molar-refractivity contribution < 1.29 is 9.53 Å². The smallest absolute Gasteiger partial charge is 0.220 e. The van der Waals surface area contributed by atoms with E-state index in [9.17, 15) is 4.79 Å². The van der Waals surface area contributed by atoms with Gasteiger partial charge in [0, 0.05) is 24.8 Å². The van der Waals surface area contributed by atoms with Crippen molar-refractivity contribution in [3.8, 4) is 0 Å². The molecule has 1 aliphatic rings. The van der Waals surface area contributed by atoms with Gasteiger partial charge in [0.1, 0.15) is 0 Å². The molecule has 5 heteroatoms. The third-order valence-electron chi connectivity index (χ3n) is 3.36. The molecule has 2 rings (SSSR count). The Morgan fingerprint density at radius 3 is 3.22 bits per heavy atom. The van der Waals surface area contributed by atoms with E-state index in [1.165, 1.54) is 6.42 Å². The molecule has 0 bridgehead atoms. The highest BCUT2D eigenvalue weighted by molar-refractivity contribution is 5.76. The van der Waals surface area contributed by atoms with Gasteiger partial charge in [-0.2, -0.15) is 5.10 Å².